The highest BCUT2D eigenvalue weighted by Crippen LogP contribution is 2.13. The zero-order valence-electron chi connectivity index (χ0n) is 13.0. The number of anilines is 1. The maximum Gasteiger partial charge on any atom is 0.344 e. The number of thiocarbonyl (C=S) groups is 1. The van der Waals surface area contributed by atoms with E-state index in [-0.39, 0.29) is 0 Å². The van der Waals surface area contributed by atoms with Gasteiger partial charge < -0.3 is 15.2 Å². The van der Waals surface area contributed by atoms with Crippen LogP contribution in [-0.4, -0.2) is 28.5 Å². The second-order valence-electron chi connectivity index (χ2n) is 4.86. The van der Waals surface area contributed by atoms with Crippen molar-refractivity contribution in [3.8, 4) is 5.75 Å². The van der Waals surface area contributed by atoms with Crippen LogP contribution in [0.3, 0.4) is 0 Å². The Morgan fingerprint density at radius 1 is 1.21 bits per heavy atom. The van der Waals surface area contributed by atoms with Crippen molar-refractivity contribution in [2.75, 3.05) is 5.32 Å². The molecule has 0 fully saturated rings. The number of nitrogens with one attached hydrogen (secondary N) is 2. The average Bonchev–Trinajstić information content (AvgIpc) is 2.57. The molecular formula is C17H17N3O3S. The largest absolute Gasteiger partial charge is 0.479 e. The predicted molar refractivity (Wildman–Crippen MR) is 97.6 cm³/mol. The van der Waals surface area contributed by atoms with Crippen LogP contribution in [0, 0.1) is 0 Å². The number of hydrazone groups is 1. The monoisotopic (exact) mass is 343 g/mol. The summed E-state index contributed by atoms with van der Waals surface area (Å²) in [5.41, 5.74) is 4.42. The number of hydrogen-bond donors (Lipinski definition) is 3. The Morgan fingerprint density at radius 3 is 2.50 bits per heavy atom. The second kappa shape index (κ2) is 8.64. The van der Waals surface area contributed by atoms with Crippen LogP contribution in [0.2, 0.25) is 0 Å². The molecule has 0 aromatic heterocycles. The number of nitrogens with zero attached hydrogens (tertiary/aromatic N) is 1. The molecule has 1 atom stereocenters. The van der Waals surface area contributed by atoms with Gasteiger partial charge in [0, 0.05) is 5.69 Å². The number of carbonyl (C=O) groups is 1. The Hall–Kier alpha value is -2.93. The Labute approximate surface area is 145 Å². The number of carboxylic acid groups (broad SMARTS) is 1. The van der Waals surface area contributed by atoms with Crippen LogP contribution in [0.15, 0.2) is 59.7 Å². The summed E-state index contributed by atoms with van der Waals surface area (Å²) in [4.78, 5) is 10.7. The molecule has 0 aliphatic heterocycles. The summed E-state index contributed by atoms with van der Waals surface area (Å²) in [7, 11) is 0. The molecule has 0 saturated heterocycles. The Kier molecular flexibility index (Phi) is 6.27. The van der Waals surface area contributed by atoms with Crippen LogP contribution in [-0.2, 0) is 4.79 Å². The number of ether oxygens (including phenoxy) is 1. The lowest BCUT2D eigenvalue weighted by molar-refractivity contribution is -0.144. The summed E-state index contributed by atoms with van der Waals surface area (Å²) in [6, 6.07) is 16.4. The van der Waals surface area contributed by atoms with Crippen molar-refractivity contribution in [2.24, 2.45) is 5.10 Å². The van der Waals surface area contributed by atoms with Crippen molar-refractivity contribution in [2.45, 2.75) is 13.0 Å². The maximum atomic E-state index is 10.7. The van der Waals surface area contributed by atoms with E-state index in [1.165, 1.54) is 6.92 Å². The molecule has 0 bridgehead atoms. The van der Waals surface area contributed by atoms with Gasteiger partial charge >= 0.3 is 5.97 Å². The van der Waals surface area contributed by atoms with Gasteiger partial charge in [0.1, 0.15) is 5.75 Å². The summed E-state index contributed by atoms with van der Waals surface area (Å²) >= 11 is 5.13. The highest BCUT2D eigenvalue weighted by molar-refractivity contribution is 7.80. The Bertz CT molecular complexity index is 718. The van der Waals surface area contributed by atoms with Gasteiger partial charge in [-0.05, 0) is 61.1 Å². The first kappa shape index (κ1) is 17.4. The third-order valence-electron chi connectivity index (χ3n) is 2.95. The van der Waals surface area contributed by atoms with E-state index in [0.29, 0.717) is 10.9 Å². The van der Waals surface area contributed by atoms with Crippen molar-refractivity contribution < 1.29 is 14.6 Å². The van der Waals surface area contributed by atoms with Crippen LogP contribution < -0.4 is 15.5 Å². The Morgan fingerprint density at radius 2 is 1.88 bits per heavy atom. The van der Waals surface area contributed by atoms with E-state index in [1.807, 2.05) is 30.3 Å². The van der Waals surface area contributed by atoms with Crippen LogP contribution in [0.4, 0.5) is 5.69 Å². The quantitative estimate of drug-likeness (QED) is 0.425. The van der Waals surface area contributed by atoms with Crippen molar-refractivity contribution in [1.29, 1.82) is 0 Å². The van der Waals surface area contributed by atoms with E-state index >= 15 is 0 Å². The van der Waals surface area contributed by atoms with Gasteiger partial charge in [0.25, 0.3) is 0 Å². The summed E-state index contributed by atoms with van der Waals surface area (Å²) in [6.07, 6.45) is 0.705. The van der Waals surface area contributed by atoms with Gasteiger partial charge in [-0.25, -0.2) is 4.79 Å². The maximum absolute atomic E-state index is 10.7. The van der Waals surface area contributed by atoms with Crippen LogP contribution in [0.1, 0.15) is 12.5 Å². The Balaban J connectivity index is 1.83. The van der Waals surface area contributed by atoms with E-state index in [4.69, 9.17) is 22.1 Å². The molecule has 24 heavy (non-hydrogen) atoms. The van der Waals surface area contributed by atoms with Crippen molar-refractivity contribution in [3.63, 3.8) is 0 Å². The normalized spacial score (nSPS) is 11.7. The van der Waals surface area contributed by atoms with E-state index in [2.05, 4.69) is 15.8 Å². The SMILES string of the molecule is CC(Oc1ccc(C=NNC(=S)Nc2ccccc2)cc1)C(=O)O. The fourth-order valence-corrected chi connectivity index (χ4v) is 1.90. The van der Waals surface area contributed by atoms with Gasteiger partial charge in [-0.15, -0.1) is 0 Å². The molecule has 0 aliphatic rings. The molecule has 0 radical (unpaired) electrons. The number of aliphatic carboxylic acids is 1. The second-order valence-corrected chi connectivity index (χ2v) is 5.27. The molecule has 124 valence electrons. The molecule has 0 spiro atoms. The topological polar surface area (TPSA) is 83.0 Å². The van der Waals surface area contributed by atoms with E-state index < -0.39 is 12.1 Å². The third-order valence-corrected chi connectivity index (χ3v) is 3.15. The molecule has 7 heteroatoms. The molecular weight excluding hydrogens is 326 g/mol. The van der Waals surface area contributed by atoms with Gasteiger partial charge in [0.2, 0.25) is 0 Å². The molecule has 2 aromatic carbocycles. The van der Waals surface area contributed by atoms with Gasteiger partial charge in [-0.2, -0.15) is 5.10 Å². The smallest absolute Gasteiger partial charge is 0.344 e. The third kappa shape index (κ3) is 5.69. The number of hydrogen-bond acceptors (Lipinski definition) is 4. The summed E-state index contributed by atoms with van der Waals surface area (Å²) in [5.74, 6) is -0.527. The van der Waals surface area contributed by atoms with E-state index in [1.54, 1.807) is 30.5 Å². The van der Waals surface area contributed by atoms with Gasteiger partial charge in [0.15, 0.2) is 11.2 Å². The van der Waals surface area contributed by atoms with Crippen molar-refractivity contribution in [3.05, 3.63) is 60.2 Å². The first-order valence-corrected chi connectivity index (χ1v) is 7.60. The minimum Gasteiger partial charge on any atom is -0.479 e. The summed E-state index contributed by atoms with van der Waals surface area (Å²) in [6.45, 7) is 1.47. The predicted octanol–water partition coefficient (Wildman–Crippen LogP) is 2.86. The standard InChI is InChI=1S/C17H17N3O3S/c1-12(16(21)22)23-15-9-7-13(8-10-15)11-18-20-17(24)19-14-5-3-2-4-6-14/h2-12H,1H3,(H,21,22)(H2,19,20,24). The van der Waals surface area contributed by atoms with Crippen LogP contribution in [0.25, 0.3) is 0 Å². The van der Waals surface area contributed by atoms with Crippen molar-refractivity contribution >= 4 is 35.2 Å². The summed E-state index contributed by atoms with van der Waals surface area (Å²) in [5, 5.41) is 16.2. The fourth-order valence-electron chi connectivity index (χ4n) is 1.73. The molecule has 2 aromatic rings. The number of para-hydroxylation sites is 1. The van der Waals surface area contributed by atoms with E-state index in [9.17, 15) is 4.79 Å². The lowest BCUT2D eigenvalue weighted by Gasteiger charge is -2.10. The number of benzene rings is 2. The van der Waals surface area contributed by atoms with Crippen LogP contribution >= 0.6 is 12.2 Å². The first-order valence-electron chi connectivity index (χ1n) is 7.19. The molecule has 0 saturated carbocycles. The van der Waals surface area contributed by atoms with Gasteiger partial charge in [0.05, 0.1) is 6.21 Å². The van der Waals surface area contributed by atoms with E-state index in [0.717, 1.165) is 11.3 Å². The highest BCUT2D eigenvalue weighted by atomic mass is 32.1. The zero-order valence-corrected chi connectivity index (χ0v) is 13.8. The van der Waals surface area contributed by atoms with Gasteiger partial charge in [-0.3, -0.25) is 5.43 Å². The molecule has 3 N–H and O–H groups in total. The minimum absolute atomic E-state index is 0.382. The minimum atomic E-state index is -1.01. The molecule has 2 rings (SSSR count). The molecule has 6 nitrogen and oxygen atoms in total. The first-order chi connectivity index (χ1) is 11.5. The lowest BCUT2D eigenvalue weighted by Crippen LogP contribution is -2.23. The zero-order chi connectivity index (χ0) is 17.4. The number of rotatable bonds is 6. The molecule has 0 aliphatic carbocycles. The molecule has 0 heterocycles. The van der Waals surface area contributed by atoms with Crippen molar-refractivity contribution in [1.82, 2.24) is 5.43 Å². The molecule has 1 unspecified atom stereocenters. The van der Waals surface area contributed by atoms with Crippen LogP contribution in [0.5, 0.6) is 5.75 Å². The summed E-state index contributed by atoms with van der Waals surface area (Å²) < 4.78 is 5.25. The lowest BCUT2D eigenvalue weighted by atomic mass is 10.2. The highest BCUT2D eigenvalue weighted by Gasteiger charge is 2.11. The molecule has 0 amide bonds. The number of carboxylic acids is 1. The van der Waals surface area contributed by atoms with Gasteiger partial charge in [-0.1, -0.05) is 18.2 Å². The fraction of sp³-hybridized carbons (Fsp3) is 0.118. The average molecular weight is 343 g/mol.